The Bertz CT molecular complexity index is 615. The highest BCUT2D eigenvalue weighted by molar-refractivity contribution is 5.30. The van der Waals surface area contributed by atoms with Gasteiger partial charge in [-0.05, 0) is 58.8 Å². The molecule has 0 unspecified atom stereocenters. The Hall–Kier alpha value is -1.56. The molecule has 152 valence electrons. The number of benzene rings is 2. The van der Waals surface area contributed by atoms with Crippen molar-refractivity contribution >= 4 is 0 Å². The van der Waals surface area contributed by atoms with Crippen molar-refractivity contribution in [2.45, 2.75) is 87.5 Å². The topological polar surface area (TPSA) is 0 Å². The lowest BCUT2D eigenvalue weighted by Gasteiger charge is -2.13. The summed E-state index contributed by atoms with van der Waals surface area (Å²) in [7, 11) is 0. The third kappa shape index (κ3) is 9.80. The van der Waals surface area contributed by atoms with Crippen LogP contribution >= 0.6 is 0 Å². The summed E-state index contributed by atoms with van der Waals surface area (Å²) < 4.78 is 0. The molecule has 27 heavy (non-hydrogen) atoms. The Morgan fingerprint density at radius 2 is 1.11 bits per heavy atom. The minimum Gasteiger partial charge on any atom is -0.0776 e. The Kier molecular flexibility index (Phi) is 12.0. The van der Waals surface area contributed by atoms with Crippen molar-refractivity contribution in [3.05, 3.63) is 70.8 Å². The number of hydrogen-bond donors (Lipinski definition) is 0. The molecule has 2 aromatic rings. The molecule has 0 N–H and O–H groups in total. The van der Waals surface area contributed by atoms with Crippen LogP contribution < -0.4 is 0 Å². The second-order valence-corrected chi connectivity index (χ2v) is 8.95. The van der Waals surface area contributed by atoms with E-state index in [1.807, 2.05) is 0 Å². The van der Waals surface area contributed by atoms with Gasteiger partial charge in [0.25, 0.3) is 0 Å². The van der Waals surface area contributed by atoms with Gasteiger partial charge in [-0.2, -0.15) is 0 Å². The first-order chi connectivity index (χ1) is 12.2. The molecule has 0 saturated carbocycles. The summed E-state index contributed by atoms with van der Waals surface area (Å²) in [6.07, 6.45) is 2.40. The van der Waals surface area contributed by atoms with Crippen LogP contribution in [0.5, 0.6) is 0 Å². The summed E-state index contributed by atoms with van der Waals surface area (Å²) in [5.74, 6) is 2.80. The predicted octanol–water partition coefficient (Wildman–Crippen LogP) is 8.65. The van der Waals surface area contributed by atoms with Gasteiger partial charge >= 0.3 is 0 Å². The highest BCUT2D eigenvalue weighted by atomic mass is 14.1. The van der Waals surface area contributed by atoms with E-state index in [0.29, 0.717) is 11.8 Å². The Morgan fingerprint density at radius 3 is 1.56 bits per heavy atom. The number of hydrogen-bond acceptors (Lipinski definition) is 0. The molecule has 0 radical (unpaired) electrons. The van der Waals surface area contributed by atoms with Gasteiger partial charge in [-0.25, -0.2) is 0 Å². The highest BCUT2D eigenvalue weighted by Gasteiger charge is 2.06. The molecule has 0 saturated heterocycles. The molecule has 2 aromatic carbocycles. The zero-order valence-corrected chi connectivity index (χ0v) is 18.3. The van der Waals surface area contributed by atoms with Crippen LogP contribution in [0.3, 0.4) is 0 Å². The third-order valence-corrected chi connectivity index (χ3v) is 4.60. The smallest absolute Gasteiger partial charge is 0.0216 e. The second-order valence-electron chi connectivity index (χ2n) is 8.95. The van der Waals surface area contributed by atoms with E-state index in [-0.39, 0.29) is 7.43 Å². The van der Waals surface area contributed by atoms with Crippen molar-refractivity contribution in [1.29, 1.82) is 0 Å². The molecule has 0 amide bonds. The maximum absolute atomic E-state index is 2.27. The summed E-state index contributed by atoms with van der Waals surface area (Å²) in [5, 5.41) is 0. The summed E-state index contributed by atoms with van der Waals surface area (Å²) in [6.45, 7) is 18.1. The van der Waals surface area contributed by atoms with Gasteiger partial charge in [0.15, 0.2) is 0 Å². The first kappa shape index (κ1) is 25.4. The maximum Gasteiger partial charge on any atom is -0.0216 e. The minimum absolute atomic E-state index is 0. The van der Waals surface area contributed by atoms with Crippen molar-refractivity contribution in [1.82, 2.24) is 0 Å². The van der Waals surface area contributed by atoms with Gasteiger partial charge in [0.05, 0.1) is 0 Å². The Labute approximate surface area is 170 Å². The fourth-order valence-corrected chi connectivity index (χ4v) is 3.23. The van der Waals surface area contributed by atoms with Crippen LogP contribution in [-0.4, -0.2) is 0 Å². The molecule has 0 fully saturated rings. The largest absolute Gasteiger partial charge is 0.0776 e. The first-order valence-corrected chi connectivity index (χ1v) is 10.4. The molecule has 0 aliphatic heterocycles. The third-order valence-electron chi connectivity index (χ3n) is 4.60. The van der Waals surface area contributed by atoms with Crippen LogP contribution in [0.15, 0.2) is 48.5 Å². The zero-order valence-electron chi connectivity index (χ0n) is 18.3. The molecular formula is C27H44. The molecule has 0 heterocycles. The lowest BCUT2D eigenvalue weighted by molar-refractivity contribution is 0.638. The molecule has 0 bridgehead atoms. The Morgan fingerprint density at radius 1 is 0.593 bits per heavy atom. The van der Waals surface area contributed by atoms with Gasteiger partial charge in [-0.3, -0.25) is 0 Å². The lowest BCUT2D eigenvalue weighted by Crippen LogP contribution is -2.00. The van der Waals surface area contributed by atoms with E-state index >= 15 is 0 Å². The normalized spacial score (nSPS) is 10.8. The quantitative estimate of drug-likeness (QED) is 0.478. The lowest BCUT2D eigenvalue weighted by atomic mass is 9.92. The summed E-state index contributed by atoms with van der Waals surface area (Å²) in [5.41, 5.74) is 5.93. The molecule has 0 aliphatic carbocycles. The van der Waals surface area contributed by atoms with Crippen LogP contribution in [0.25, 0.3) is 0 Å². The molecular weight excluding hydrogens is 324 g/mol. The molecule has 0 aliphatic rings. The van der Waals surface area contributed by atoms with Crippen molar-refractivity contribution in [2.24, 2.45) is 11.8 Å². The van der Waals surface area contributed by atoms with Gasteiger partial charge in [-0.15, -0.1) is 0 Å². The van der Waals surface area contributed by atoms with Crippen molar-refractivity contribution in [3.8, 4) is 0 Å². The van der Waals surface area contributed by atoms with E-state index in [9.17, 15) is 0 Å². The Balaban J connectivity index is 0.000000483. The van der Waals surface area contributed by atoms with Crippen molar-refractivity contribution in [2.75, 3.05) is 0 Å². The van der Waals surface area contributed by atoms with Crippen LogP contribution in [-0.2, 0) is 12.8 Å². The molecule has 2 rings (SSSR count). The average molecular weight is 369 g/mol. The monoisotopic (exact) mass is 368 g/mol. The van der Waals surface area contributed by atoms with Gasteiger partial charge in [0.2, 0.25) is 0 Å². The SMILES string of the molecule is C.CC(C)Cc1ccc(C(C)C)cc1.CC(C)Cc1ccccc1C(C)C. The van der Waals surface area contributed by atoms with E-state index in [2.05, 4.69) is 104 Å². The summed E-state index contributed by atoms with van der Waals surface area (Å²) in [6, 6.07) is 17.8. The average Bonchev–Trinajstić information content (AvgIpc) is 2.55. The van der Waals surface area contributed by atoms with Crippen LogP contribution in [0.1, 0.15) is 96.9 Å². The zero-order chi connectivity index (χ0) is 19.7. The van der Waals surface area contributed by atoms with Crippen LogP contribution in [0, 0.1) is 11.8 Å². The molecule has 0 atom stereocenters. The number of rotatable bonds is 6. The van der Waals surface area contributed by atoms with Crippen LogP contribution in [0.4, 0.5) is 0 Å². The highest BCUT2D eigenvalue weighted by Crippen LogP contribution is 2.21. The fourth-order valence-electron chi connectivity index (χ4n) is 3.23. The molecule has 0 heteroatoms. The summed E-state index contributed by atoms with van der Waals surface area (Å²) >= 11 is 0. The maximum atomic E-state index is 2.27. The van der Waals surface area contributed by atoms with E-state index in [1.165, 1.54) is 35.1 Å². The fraction of sp³-hybridized carbons (Fsp3) is 0.556. The van der Waals surface area contributed by atoms with E-state index in [1.54, 1.807) is 0 Å². The van der Waals surface area contributed by atoms with Crippen LogP contribution in [0.2, 0.25) is 0 Å². The molecule has 0 aromatic heterocycles. The summed E-state index contributed by atoms with van der Waals surface area (Å²) in [4.78, 5) is 0. The van der Waals surface area contributed by atoms with Crippen molar-refractivity contribution in [3.63, 3.8) is 0 Å². The predicted molar refractivity (Wildman–Crippen MR) is 125 cm³/mol. The van der Waals surface area contributed by atoms with Crippen molar-refractivity contribution < 1.29 is 0 Å². The van der Waals surface area contributed by atoms with E-state index in [0.717, 1.165) is 11.8 Å². The minimum atomic E-state index is 0. The standard InChI is InChI=1S/2C13H20.CH4/c1-10(2)9-12-5-7-13(8-6-12)11(3)4;1-10(2)9-12-7-5-6-8-13(12)11(3)4;/h2*5-8,10-11H,9H2,1-4H3;1H4. The van der Waals surface area contributed by atoms with Gasteiger partial charge < -0.3 is 0 Å². The first-order valence-electron chi connectivity index (χ1n) is 10.4. The second kappa shape index (κ2) is 12.8. The van der Waals surface area contributed by atoms with Gasteiger partial charge in [0.1, 0.15) is 0 Å². The molecule has 0 nitrogen and oxygen atoms in total. The van der Waals surface area contributed by atoms with Gasteiger partial charge in [-0.1, -0.05) is 111 Å². The van der Waals surface area contributed by atoms with Gasteiger partial charge in [0, 0.05) is 0 Å². The van der Waals surface area contributed by atoms with E-state index < -0.39 is 0 Å². The van der Waals surface area contributed by atoms with E-state index in [4.69, 9.17) is 0 Å². The molecule has 0 spiro atoms.